The van der Waals surface area contributed by atoms with Crippen LogP contribution in [0.4, 0.5) is 0 Å². The molecule has 8 nitrogen and oxygen atoms in total. The highest BCUT2D eigenvalue weighted by Gasteiger charge is 2.28. The fourth-order valence-corrected chi connectivity index (χ4v) is 5.65. The van der Waals surface area contributed by atoms with Crippen LogP contribution in [0, 0.1) is 0 Å². The number of hydrogen-bond acceptors (Lipinski definition) is 6. The molecular weight excluding hydrogens is 470 g/mol. The van der Waals surface area contributed by atoms with Gasteiger partial charge in [-0.05, 0) is 60.2 Å². The molecule has 1 unspecified atom stereocenters. The number of benzene rings is 3. The molecule has 0 saturated heterocycles. The first-order valence-corrected chi connectivity index (χ1v) is 12.6. The van der Waals surface area contributed by atoms with E-state index >= 15 is 0 Å². The summed E-state index contributed by atoms with van der Waals surface area (Å²) in [6.07, 6.45) is 2.08. The van der Waals surface area contributed by atoms with Crippen LogP contribution >= 0.6 is 0 Å². The molecular formula is C26H27NO7S. The number of sulfonamides is 1. The van der Waals surface area contributed by atoms with E-state index in [1.807, 2.05) is 18.2 Å². The number of para-hydroxylation sites is 1. The molecule has 35 heavy (non-hydrogen) atoms. The molecule has 0 aromatic heterocycles. The average Bonchev–Trinajstić information content (AvgIpc) is 2.87. The first-order valence-electron chi connectivity index (χ1n) is 11.1. The predicted molar refractivity (Wildman–Crippen MR) is 131 cm³/mol. The van der Waals surface area contributed by atoms with Crippen molar-refractivity contribution in [3.8, 4) is 28.4 Å². The van der Waals surface area contributed by atoms with Gasteiger partial charge in [-0.1, -0.05) is 36.4 Å². The quantitative estimate of drug-likeness (QED) is 0.456. The van der Waals surface area contributed by atoms with Crippen molar-refractivity contribution in [2.45, 2.75) is 30.2 Å². The van der Waals surface area contributed by atoms with Gasteiger partial charge in [-0.25, -0.2) is 17.9 Å². The number of carboxylic acids is 1. The number of rotatable bonds is 9. The van der Waals surface area contributed by atoms with Gasteiger partial charge in [0.1, 0.15) is 5.75 Å². The molecule has 0 amide bonds. The molecule has 1 atom stereocenters. The highest BCUT2D eigenvalue weighted by Crippen LogP contribution is 2.39. The summed E-state index contributed by atoms with van der Waals surface area (Å²) in [6.45, 7) is -0.447. The minimum Gasteiger partial charge on any atom is -0.493 e. The Balaban J connectivity index is 1.58. The molecule has 1 aliphatic rings. The Morgan fingerprint density at radius 1 is 1.00 bits per heavy atom. The topological polar surface area (TPSA) is 111 Å². The number of fused-ring (bicyclic) bond motifs is 1. The van der Waals surface area contributed by atoms with Gasteiger partial charge in [-0.2, -0.15) is 0 Å². The van der Waals surface area contributed by atoms with Crippen molar-refractivity contribution in [2.24, 2.45) is 0 Å². The van der Waals surface area contributed by atoms with Crippen molar-refractivity contribution in [3.63, 3.8) is 0 Å². The summed E-state index contributed by atoms with van der Waals surface area (Å²) in [7, 11) is -0.687. The smallest absolute Gasteiger partial charge is 0.341 e. The molecule has 0 aliphatic heterocycles. The summed E-state index contributed by atoms with van der Waals surface area (Å²) in [5, 5.41) is 8.93. The van der Waals surface area contributed by atoms with Gasteiger partial charge in [0.15, 0.2) is 18.1 Å². The third kappa shape index (κ3) is 5.26. The van der Waals surface area contributed by atoms with E-state index in [2.05, 4.69) is 4.72 Å². The second-order valence-electron chi connectivity index (χ2n) is 8.14. The van der Waals surface area contributed by atoms with Gasteiger partial charge in [-0.3, -0.25) is 0 Å². The molecule has 3 aromatic rings. The lowest BCUT2D eigenvalue weighted by molar-refractivity contribution is -0.139. The molecule has 0 radical (unpaired) electrons. The number of hydrogen-bond donors (Lipinski definition) is 2. The van der Waals surface area contributed by atoms with E-state index in [-0.39, 0.29) is 4.90 Å². The number of methoxy groups -OCH3 is 2. The van der Waals surface area contributed by atoms with Crippen molar-refractivity contribution >= 4 is 16.0 Å². The number of ether oxygens (including phenoxy) is 3. The van der Waals surface area contributed by atoms with Gasteiger partial charge in [0, 0.05) is 11.6 Å². The van der Waals surface area contributed by atoms with Crippen LogP contribution in [0.15, 0.2) is 65.6 Å². The maximum Gasteiger partial charge on any atom is 0.341 e. The largest absolute Gasteiger partial charge is 0.493 e. The van der Waals surface area contributed by atoms with Crippen molar-refractivity contribution in [2.75, 3.05) is 20.8 Å². The summed E-state index contributed by atoms with van der Waals surface area (Å²) in [4.78, 5) is 11.0. The molecule has 0 fully saturated rings. The van der Waals surface area contributed by atoms with E-state index < -0.39 is 28.6 Å². The predicted octanol–water partition coefficient (Wildman–Crippen LogP) is 4.19. The molecule has 0 bridgehead atoms. The lowest BCUT2D eigenvalue weighted by atomic mass is 9.87. The Bertz CT molecular complexity index is 1320. The Labute approximate surface area is 204 Å². The monoisotopic (exact) mass is 497 g/mol. The lowest BCUT2D eigenvalue weighted by Crippen LogP contribution is -2.31. The summed E-state index contributed by atoms with van der Waals surface area (Å²) < 4.78 is 45.5. The Morgan fingerprint density at radius 3 is 2.40 bits per heavy atom. The minimum absolute atomic E-state index is 0.147. The van der Waals surface area contributed by atoms with Crippen molar-refractivity contribution in [1.29, 1.82) is 0 Å². The lowest BCUT2D eigenvalue weighted by Gasteiger charge is -2.27. The van der Waals surface area contributed by atoms with E-state index in [0.29, 0.717) is 30.1 Å². The maximum atomic E-state index is 13.2. The summed E-state index contributed by atoms with van der Waals surface area (Å²) in [5.41, 5.74) is 3.23. The zero-order valence-electron chi connectivity index (χ0n) is 19.5. The Morgan fingerprint density at radius 2 is 1.71 bits per heavy atom. The number of aliphatic carboxylic acids is 1. The third-order valence-electron chi connectivity index (χ3n) is 5.99. The second kappa shape index (κ2) is 10.4. The summed E-state index contributed by atoms with van der Waals surface area (Å²) in [6, 6.07) is 17.0. The van der Waals surface area contributed by atoms with Gasteiger partial charge in [0.2, 0.25) is 10.0 Å². The fraction of sp³-hybridized carbons (Fsp3) is 0.269. The zero-order valence-corrected chi connectivity index (χ0v) is 20.3. The van der Waals surface area contributed by atoms with Crippen LogP contribution in [0.25, 0.3) is 11.1 Å². The van der Waals surface area contributed by atoms with E-state index in [9.17, 15) is 13.2 Å². The molecule has 9 heteroatoms. The third-order valence-corrected chi connectivity index (χ3v) is 7.48. The van der Waals surface area contributed by atoms with E-state index in [4.69, 9.17) is 19.3 Å². The number of carbonyl (C=O) groups is 1. The highest BCUT2D eigenvalue weighted by atomic mass is 32.2. The van der Waals surface area contributed by atoms with Crippen LogP contribution in [0.2, 0.25) is 0 Å². The van der Waals surface area contributed by atoms with E-state index in [1.165, 1.54) is 0 Å². The normalized spacial score (nSPS) is 15.2. The molecule has 0 saturated carbocycles. The molecule has 1 aliphatic carbocycles. The van der Waals surface area contributed by atoms with Crippen molar-refractivity contribution < 1.29 is 32.5 Å². The molecule has 3 aromatic carbocycles. The maximum absolute atomic E-state index is 13.2. The Hall–Kier alpha value is -3.56. The fourth-order valence-electron chi connectivity index (χ4n) is 4.40. The molecule has 4 rings (SSSR count). The van der Waals surface area contributed by atoms with Crippen LogP contribution < -0.4 is 18.9 Å². The SMILES string of the molecule is COc1cccc(-c2ccc(S(=O)(=O)NC3CCCc4c(OCC(=O)O)cccc43)cc2)c1OC. The highest BCUT2D eigenvalue weighted by molar-refractivity contribution is 7.89. The Kier molecular flexibility index (Phi) is 7.28. The summed E-state index contributed by atoms with van der Waals surface area (Å²) >= 11 is 0. The van der Waals surface area contributed by atoms with Gasteiger partial charge in [0.05, 0.1) is 19.1 Å². The molecule has 2 N–H and O–H groups in total. The summed E-state index contributed by atoms with van der Waals surface area (Å²) in [5.74, 6) is 0.575. The zero-order chi connectivity index (χ0) is 25.0. The van der Waals surface area contributed by atoms with Gasteiger partial charge >= 0.3 is 5.97 Å². The average molecular weight is 498 g/mol. The standard InChI is InChI=1S/C26H27NO7S/c1-32-24-11-4-6-19(26(24)33-2)17-12-14-18(15-13-17)35(30,31)27-22-9-3-8-21-20(22)7-5-10-23(21)34-16-25(28)29/h4-7,10-15,22,27H,3,8-9,16H2,1-2H3,(H,28,29). The molecule has 0 heterocycles. The van der Waals surface area contributed by atoms with Crippen LogP contribution in [0.3, 0.4) is 0 Å². The van der Waals surface area contributed by atoms with Gasteiger partial charge in [0.25, 0.3) is 0 Å². The second-order valence-corrected chi connectivity index (χ2v) is 9.85. The van der Waals surface area contributed by atoms with Crippen LogP contribution in [-0.2, 0) is 21.2 Å². The van der Waals surface area contributed by atoms with Crippen LogP contribution in [-0.4, -0.2) is 40.3 Å². The van der Waals surface area contributed by atoms with Crippen molar-refractivity contribution in [1.82, 2.24) is 4.72 Å². The van der Waals surface area contributed by atoms with Gasteiger partial charge < -0.3 is 19.3 Å². The van der Waals surface area contributed by atoms with E-state index in [0.717, 1.165) is 28.7 Å². The van der Waals surface area contributed by atoms with Crippen molar-refractivity contribution in [3.05, 3.63) is 71.8 Å². The van der Waals surface area contributed by atoms with Gasteiger partial charge in [-0.15, -0.1) is 0 Å². The number of nitrogens with one attached hydrogen (secondary N) is 1. The van der Waals surface area contributed by atoms with E-state index in [1.54, 1.807) is 56.7 Å². The number of carboxylic acid groups (broad SMARTS) is 1. The van der Waals surface area contributed by atoms with Crippen LogP contribution in [0.1, 0.15) is 30.0 Å². The molecule has 0 spiro atoms. The first-order chi connectivity index (χ1) is 16.8. The van der Waals surface area contributed by atoms with Crippen LogP contribution in [0.5, 0.6) is 17.2 Å². The first kappa shape index (κ1) is 24.6. The minimum atomic E-state index is -3.81. The molecule has 184 valence electrons.